The molecule has 1 aliphatic heterocycles. The van der Waals surface area contributed by atoms with Gasteiger partial charge in [0, 0.05) is 36.5 Å². The van der Waals surface area contributed by atoms with Gasteiger partial charge in [0.05, 0.1) is 5.56 Å². The van der Waals surface area contributed by atoms with E-state index >= 15 is 0 Å². The molecule has 2 amide bonds. The molecular formula is C25H22F3N3O2. The molecule has 0 spiro atoms. The van der Waals surface area contributed by atoms with Gasteiger partial charge in [0.25, 0.3) is 5.91 Å². The van der Waals surface area contributed by atoms with Crippen molar-refractivity contribution in [1.82, 2.24) is 15.2 Å². The SMILES string of the molecule is CC(CN1C(=O)c2ccccc2C1C(=O)NCc1ccc(C(F)(F)F)cc1)c1ccccn1. The van der Waals surface area contributed by atoms with Gasteiger partial charge < -0.3 is 10.2 Å². The van der Waals surface area contributed by atoms with Crippen LogP contribution in [0.25, 0.3) is 0 Å². The lowest BCUT2D eigenvalue weighted by atomic mass is 10.0. The summed E-state index contributed by atoms with van der Waals surface area (Å²) in [5.74, 6) is -0.723. The summed E-state index contributed by atoms with van der Waals surface area (Å²) >= 11 is 0. The lowest BCUT2D eigenvalue weighted by Gasteiger charge is -2.27. The number of pyridine rings is 1. The maximum atomic E-state index is 13.2. The van der Waals surface area contributed by atoms with Crippen LogP contribution in [0.2, 0.25) is 0 Å². The van der Waals surface area contributed by atoms with Crippen molar-refractivity contribution >= 4 is 11.8 Å². The van der Waals surface area contributed by atoms with Gasteiger partial charge in [-0.05, 0) is 41.5 Å². The summed E-state index contributed by atoms with van der Waals surface area (Å²) in [6.45, 7) is 2.28. The van der Waals surface area contributed by atoms with Crippen molar-refractivity contribution in [2.75, 3.05) is 6.54 Å². The number of carbonyl (C=O) groups is 2. The summed E-state index contributed by atoms with van der Waals surface area (Å²) < 4.78 is 38.3. The van der Waals surface area contributed by atoms with Gasteiger partial charge in [0.1, 0.15) is 6.04 Å². The Kier molecular flexibility index (Phi) is 6.18. The number of hydrogen-bond acceptors (Lipinski definition) is 3. The Morgan fingerprint density at radius 2 is 1.76 bits per heavy atom. The van der Waals surface area contributed by atoms with Crippen LogP contribution in [-0.4, -0.2) is 28.2 Å². The van der Waals surface area contributed by atoms with Gasteiger partial charge in [-0.25, -0.2) is 0 Å². The number of aromatic nitrogens is 1. The molecule has 1 N–H and O–H groups in total. The molecular weight excluding hydrogens is 431 g/mol. The Hall–Kier alpha value is -3.68. The molecule has 0 saturated heterocycles. The smallest absolute Gasteiger partial charge is 0.350 e. The van der Waals surface area contributed by atoms with Crippen LogP contribution in [0, 0.1) is 0 Å². The van der Waals surface area contributed by atoms with Crippen LogP contribution < -0.4 is 5.32 Å². The molecule has 33 heavy (non-hydrogen) atoms. The number of alkyl halides is 3. The van der Waals surface area contributed by atoms with Crippen molar-refractivity contribution in [3.8, 4) is 0 Å². The van der Waals surface area contributed by atoms with Crippen LogP contribution in [0.1, 0.15) is 51.6 Å². The normalized spacial score (nSPS) is 16.4. The Bertz CT molecular complexity index is 1150. The van der Waals surface area contributed by atoms with Crippen LogP contribution in [-0.2, 0) is 17.5 Å². The Labute approximate surface area is 189 Å². The van der Waals surface area contributed by atoms with E-state index in [4.69, 9.17) is 0 Å². The largest absolute Gasteiger partial charge is 0.416 e. The summed E-state index contributed by atoms with van der Waals surface area (Å²) in [7, 11) is 0. The maximum absolute atomic E-state index is 13.2. The van der Waals surface area contributed by atoms with E-state index in [0.29, 0.717) is 23.2 Å². The third kappa shape index (κ3) is 4.74. The number of halogens is 3. The number of hydrogen-bond donors (Lipinski definition) is 1. The van der Waals surface area contributed by atoms with E-state index in [1.54, 1.807) is 30.5 Å². The number of nitrogens with one attached hydrogen (secondary N) is 1. The van der Waals surface area contributed by atoms with Crippen molar-refractivity contribution in [3.05, 3.63) is 101 Å². The zero-order chi connectivity index (χ0) is 23.6. The minimum atomic E-state index is -4.42. The molecule has 0 bridgehead atoms. The number of carbonyl (C=O) groups excluding carboxylic acids is 2. The zero-order valence-corrected chi connectivity index (χ0v) is 17.8. The minimum Gasteiger partial charge on any atom is -0.350 e. The first-order valence-electron chi connectivity index (χ1n) is 10.5. The third-order valence-corrected chi connectivity index (χ3v) is 5.72. The molecule has 0 fully saturated rings. The van der Waals surface area contributed by atoms with E-state index in [1.165, 1.54) is 17.0 Å². The van der Waals surface area contributed by atoms with Crippen LogP contribution in [0.15, 0.2) is 72.9 Å². The highest BCUT2D eigenvalue weighted by atomic mass is 19.4. The van der Waals surface area contributed by atoms with Gasteiger partial charge in [-0.1, -0.05) is 43.3 Å². The highest BCUT2D eigenvalue weighted by Gasteiger charge is 2.41. The van der Waals surface area contributed by atoms with Crippen molar-refractivity contribution in [2.45, 2.75) is 31.6 Å². The number of fused-ring (bicyclic) bond motifs is 1. The predicted octanol–water partition coefficient (Wildman–Crippen LogP) is 4.72. The Morgan fingerprint density at radius 3 is 2.42 bits per heavy atom. The molecule has 1 aliphatic rings. The van der Waals surface area contributed by atoms with Crippen LogP contribution in [0.5, 0.6) is 0 Å². The highest BCUT2D eigenvalue weighted by Crippen LogP contribution is 2.35. The van der Waals surface area contributed by atoms with Gasteiger partial charge in [-0.15, -0.1) is 0 Å². The first-order valence-corrected chi connectivity index (χ1v) is 10.5. The van der Waals surface area contributed by atoms with E-state index < -0.39 is 17.8 Å². The average Bonchev–Trinajstić information content (AvgIpc) is 3.09. The number of rotatable bonds is 6. The Balaban J connectivity index is 1.52. The molecule has 8 heteroatoms. The molecule has 2 atom stereocenters. The second-order valence-corrected chi connectivity index (χ2v) is 8.02. The average molecular weight is 453 g/mol. The molecule has 5 nitrogen and oxygen atoms in total. The van der Waals surface area contributed by atoms with Crippen molar-refractivity contribution in [3.63, 3.8) is 0 Å². The minimum absolute atomic E-state index is 0.0491. The van der Waals surface area contributed by atoms with Crippen molar-refractivity contribution in [1.29, 1.82) is 0 Å². The number of nitrogens with zero attached hydrogens (tertiary/aromatic N) is 2. The van der Waals surface area contributed by atoms with Gasteiger partial charge in [-0.3, -0.25) is 14.6 Å². The van der Waals surface area contributed by atoms with Crippen molar-refractivity contribution < 1.29 is 22.8 Å². The van der Waals surface area contributed by atoms with E-state index in [1.807, 2.05) is 25.1 Å². The second-order valence-electron chi connectivity index (χ2n) is 8.02. The molecule has 4 rings (SSSR count). The van der Waals surface area contributed by atoms with E-state index in [-0.39, 0.29) is 24.3 Å². The van der Waals surface area contributed by atoms with Crippen molar-refractivity contribution in [2.24, 2.45) is 0 Å². The van der Waals surface area contributed by atoms with Crippen LogP contribution in [0.4, 0.5) is 13.2 Å². The van der Waals surface area contributed by atoms with Gasteiger partial charge in [0.15, 0.2) is 0 Å². The lowest BCUT2D eigenvalue weighted by molar-refractivity contribution is -0.137. The number of amides is 2. The fraction of sp³-hybridized carbons (Fsp3) is 0.240. The Morgan fingerprint density at radius 1 is 1.06 bits per heavy atom. The van der Waals surface area contributed by atoms with E-state index in [2.05, 4.69) is 10.3 Å². The maximum Gasteiger partial charge on any atom is 0.416 e. The van der Waals surface area contributed by atoms with Gasteiger partial charge in [-0.2, -0.15) is 13.2 Å². The lowest BCUT2D eigenvalue weighted by Crippen LogP contribution is -2.40. The van der Waals surface area contributed by atoms with Gasteiger partial charge in [0.2, 0.25) is 5.91 Å². The molecule has 0 aliphatic carbocycles. The molecule has 2 heterocycles. The molecule has 1 aromatic heterocycles. The second kappa shape index (κ2) is 9.05. The third-order valence-electron chi connectivity index (χ3n) is 5.72. The highest BCUT2D eigenvalue weighted by molar-refractivity contribution is 6.04. The van der Waals surface area contributed by atoms with E-state index in [0.717, 1.165) is 17.8 Å². The monoisotopic (exact) mass is 453 g/mol. The first kappa shape index (κ1) is 22.5. The standard InChI is InChI=1S/C25H22F3N3O2/c1-16(21-8-4-5-13-29-21)15-31-22(19-6-2-3-7-20(19)24(31)33)23(32)30-14-17-9-11-18(12-10-17)25(26,27)28/h2-13,16,22H,14-15H2,1H3,(H,30,32). The molecule has 170 valence electrons. The summed E-state index contributed by atoms with van der Waals surface area (Å²) in [5, 5.41) is 2.77. The number of benzene rings is 2. The fourth-order valence-corrected chi connectivity index (χ4v) is 3.99. The summed E-state index contributed by atoms with van der Waals surface area (Å²) in [4.78, 5) is 32.2. The molecule has 3 aromatic rings. The van der Waals surface area contributed by atoms with Crippen LogP contribution >= 0.6 is 0 Å². The summed E-state index contributed by atoms with van der Waals surface area (Å²) in [6, 6.07) is 16.3. The topological polar surface area (TPSA) is 62.3 Å². The fourth-order valence-electron chi connectivity index (χ4n) is 3.99. The summed E-state index contributed by atoms with van der Waals surface area (Å²) in [5.41, 5.74) is 1.68. The van der Waals surface area contributed by atoms with Gasteiger partial charge >= 0.3 is 6.18 Å². The molecule has 0 radical (unpaired) electrons. The van der Waals surface area contributed by atoms with E-state index in [9.17, 15) is 22.8 Å². The quantitative estimate of drug-likeness (QED) is 0.588. The molecule has 2 aromatic carbocycles. The first-order chi connectivity index (χ1) is 15.8. The van der Waals surface area contributed by atoms with Crippen LogP contribution in [0.3, 0.4) is 0 Å². The summed E-state index contributed by atoms with van der Waals surface area (Å²) in [6.07, 6.45) is -2.73. The predicted molar refractivity (Wildman–Crippen MR) is 116 cm³/mol. The molecule has 0 saturated carbocycles. The molecule has 2 unspecified atom stereocenters. The zero-order valence-electron chi connectivity index (χ0n) is 17.8.